The number of fused-ring (bicyclic) bond motifs is 1. The smallest absolute Gasteiger partial charge is 0.331 e. The summed E-state index contributed by atoms with van der Waals surface area (Å²) in [5.41, 5.74) is 3.29. The van der Waals surface area contributed by atoms with E-state index in [1.165, 1.54) is 6.08 Å². The quantitative estimate of drug-likeness (QED) is 0.413. The molecule has 1 aromatic heterocycles. The summed E-state index contributed by atoms with van der Waals surface area (Å²) >= 11 is 0. The van der Waals surface area contributed by atoms with E-state index in [-0.39, 0.29) is 18.4 Å². The monoisotopic (exact) mass is 397 g/mol. The Morgan fingerprint density at radius 2 is 1.86 bits per heavy atom. The highest BCUT2D eigenvalue weighted by molar-refractivity contribution is 6.00. The summed E-state index contributed by atoms with van der Waals surface area (Å²) in [6.07, 6.45) is 3.77. The van der Waals surface area contributed by atoms with Crippen molar-refractivity contribution in [3.8, 4) is 11.5 Å². The van der Waals surface area contributed by atoms with Crippen LogP contribution in [0.3, 0.4) is 0 Å². The molecule has 0 atom stereocenters. The lowest BCUT2D eigenvalue weighted by Gasteiger charge is -2.13. The second-order valence-corrected chi connectivity index (χ2v) is 7.37. The molecule has 0 fully saturated rings. The van der Waals surface area contributed by atoms with Gasteiger partial charge in [0.2, 0.25) is 5.78 Å². The Kier molecular flexibility index (Phi) is 6.42. The third kappa shape index (κ3) is 4.88. The number of carbonyl (C=O) groups is 2. The van der Waals surface area contributed by atoms with Crippen LogP contribution in [0, 0.1) is 13.8 Å². The lowest BCUT2D eigenvalue weighted by Crippen LogP contribution is -2.14. The minimum atomic E-state index is -0.567. The molecule has 0 bridgehead atoms. The average Bonchev–Trinajstić information content (AvgIpc) is 2.85. The molecule has 6 heteroatoms. The fourth-order valence-electron chi connectivity index (χ4n) is 3.56. The Hall–Kier alpha value is -3.02. The number of Topliss-reactive ketones (excluding diaryl/α,β-unsaturated/α-hetero) is 1. The van der Waals surface area contributed by atoms with E-state index in [4.69, 9.17) is 14.2 Å². The van der Waals surface area contributed by atoms with Crippen molar-refractivity contribution < 1.29 is 23.8 Å². The molecule has 0 unspecified atom stereocenters. The van der Waals surface area contributed by atoms with Crippen LogP contribution in [0.4, 0.5) is 0 Å². The third-order valence-electron chi connectivity index (χ3n) is 4.83. The Labute approximate surface area is 171 Å². The minimum Gasteiger partial charge on any atom is -0.490 e. The predicted octanol–water partition coefficient (Wildman–Crippen LogP) is 4.29. The van der Waals surface area contributed by atoms with Crippen LogP contribution in [0.15, 0.2) is 30.3 Å². The van der Waals surface area contributed by atoms with Crippen LogP contribution in [-0.4, -0.2) is 36.1 Å². The van der Waals surface area contributed by atoms with Gasteiger partial charge in [-0.1, -0.05) is 6.07 Å². The van der Waals surface area contributed by atoms with Gasteiger partial charge >= 0.3 is 5.97 Å². The largest absolute Gasteiger partial charge is 0.490 e. The van der Waals surface area contributed by atoms with Gasteiger partial charge in [-0.25, -0.2) is 4.79 Å². The summed E-state index contributed by atoms with van der Waals surface area (Å²) < 4.78 is 18.5. The second-order valence-electron chi connectivity index (χ2n) is 7.37. The van der Waals surface area contributed by atoms with Crippen LogP contribution in [0.5, 0.6) is 11.5 Å². The lowest BCUT2D eigenvalue weighted by molar-refractivity contribution is -0.136. The molecule has 0 aliphatic carbocycles. The molecule has 2 heterocycles. The molecule has 1 aromatic carbocycles. The van der Waals surface area contributed by atoms with Gasteiger partial charge in [-0.2, -0.15) is 0 Å². The normalized spacial score (nSPS) is 13.6. The maximum absolute atomic E-state index is 12.5. The number of ketones is 1. The molecule has 2 aromatic rings. The number of ether oxygens (including phenoxy) is 3. The first-order valence-electron chi connectivity index (χ1n) is 9.83. The highest BCUT2D eigenvalue weighted by Crippen LogP contribution is 2.30. The van der Waals surface area contributed by atoms with Crippen molar-refractivity contribution in [2.24, 2.45) is 0 Å². The van der Waals surface area contributed by atoms with Gasteiger partial charge in [0.1, 0.15) is 0 Å². The zero-order valence-corrected chi connectivity index (χ0v) is 17.4. The van der Waals surface area contributed by atoms with Gasteiger partial charge in [-0.05, 0) is 57.5 Å². The topological polar surface area (TPSA) is 66.8 Å². The number of aryl methyl sites for hydroxylation is 1. The molecule has 154 valence electrons. The molecule has 0 radical (unpaired) electrons. The van der Waals surface area contributed by atoms with Gasteiger partial charge in [0.05, 0.1) is 13.2 Å². The van der Waals surface area contributed by atoms with Crippen LogP contribution in [-0.2, 0) is 9.53 Å². The molecule has 0 saturated heterocycles. The number of benzene rings is 1. The van der Waals surface area contributed by atoms with E-state index in [1.807, 2.05) is 38.1 Å². The first-order valence-corrected chi connectivity index (χ1v) is 9.83. The second kappa shape index (κ2) is 8.99. The molecule has 3 rings (SSSR count). The van der Waals surface area contributed by atoms with Gasteiger partial charge in [0, 0.05) is 35.5 Å². The highest BCUT2D eigenvalue weighted by atomic mass is 16.5. The number of aromatic nitrogens is 1. The van der Waals surface area contributed by atoms with Crippen LogP contribution >= 0.6 is 0 Å². The minimum absolute atomic E-state index is 0.206. The molecule has 1 aliphatic heterocycles. The summed E-state index contributed by atoms with van der Waals surface area (Å²) in [5.74, 6) is 0.589. The average molecular weight is 397 g/mol. The number of carbonyl (C=O) groups excluding carboxylic acids is 2. The zero-order valence-electron chi connectivity index (χ0n) is 17.4. The molecule has 0 amide bonds. The third-order valence-corrected chi connectivity index (χ3v) is 4.83. The van der Waals surface area contributed by atoms with E-state index in [1.54, 1.807) is 6.08 Å². The van der Waals surface area contributed by atoms with Gasteiger partial charge in [0.15, 0.2) is 18.1 Å². The van der Waals surface area contributed by atoms with Gasteiger partial charge in [0.25, 0.3) is 0 Å². The lowest BCUT2D eigenvalue weighted by atomic mass is 10.1. The van der Waals surface area contributed by atoms with Crippen LogP contribution in [0.25, 0.3) is 6.08 Å². The molecule has 0 spiro atoms. The van der Waals surface area contributed by atoms with Crippen molar-refractivity contribution in [3.05, 3.63) is 52.9 Å². The Balaban J connectivity index is 1.59. The molecular formula is C23H27NO5. The van der Waals surface area contributed by atoms with Crippen molar-refractivity contribution in [2.75, 3.05) is 19.8 Å². The summed E-state index contributed by atoms with van der Waals surface area (Å²) in [4.78, 5) is 24.5. The first kappa shape index (κ1) is 20.7. The Bertz CT molecular complexity index is 939. The first-order chi connectivity index (χ1) is 13.9. The van der Waals surface area contributed by atoms with E-state index in [0.717, 1.165) is 23.4 Å². The Morgan fingerprint density at radius 1 is 1.14 bits per heavy atom. The van der Waals surface area contributed by atoms with E-state index in [9.17, 15) is 9.59 Å². The SMILES string of the molecule is Cc1cc(C(=O)COC(=O)/C=C/c2ccc3c(c2)OCCCO3)c(C)n1C(C)C. The Morgan fingerprint density at radius 3 is 2.55 bits per heavy atom. The molecule has 1 aliphatic rings. The van der Waals surface area contributed by atoms with E-state index < -0.39 is 5.97 Å². The van der Waals surface area contributed by atoms with Crippen molar-refractivity contribution in [1.82, 2.24) is 4.57 Å². The van der Waals surface area contributed by atoms with Crippen LogP contribution < -0.4 is 9.47 Å². The fourth-order valence-corrected chi connectivity index (χ4v) is 3.56. The van der Waals surface area contributed by atoms with Gasteiger partial charge < -0.3 is 18.8 Å². The molecular weight excluding hydrogens is 370 g/mol. The molecule has 29 heavy (non-hydrogen) atoms. The van der Waals surface area contributed by atoms with E-state index >= 15 is 0 Å². The number of rotatable bonds is 6. The van der Waals surface area contributed by atoms with E-state index in [0.29, 0.717) is 30.3 Å². The van der Waals surface area contributed by atoms with Crippen molar-refractivity contribution in [3.63, 3.8) is 0 Å². The highest BCUT2D eigenvalue weighted by Gasteiger charge is 2.18. The summed E-state index contributed by atoms with van der Waals surface area (Å²) in [6, 6.07) is 7.58. The van der Waals surface area contributed by atoms with Gasteiger partial charge in [-0.15, -0.1) is 0 Å². The van der Waals surface area contributed by atoms with Gasteiger partial charge in [-0.3, -0.25) is 4.79 Å². The fraction of sp³-hybridized carbons (Fsp3) is 0.391. The predicted molar refractivity (Wildman–Crippen MR) is 111 cm³/mol. The number of hydrogen-bond donors (Lipinski definition) is 0. The van der Waals surface area contributed by atoms with Crippen molar-refractivity contribution >= 4 is 17.8 Å². The summed E-state index contributed by atoms with van der Waals surface area (Å²) in [7, 11) is 0. The maximum Gasteiger partial charge on any atom is 0.331 e. The molecule has 0 saturated carbocycles. The van der Waals surface area contributed by atoms with Crippen LogP contribution in [0.2, 0.25) is 0 Å². The van der Waals surface area contributed by atoms with Crippen molar-refractivity contribution in [2.45, 2.75) is 40.2 Å². The summed E-state index contributed by atoms with van der Waals surface area (Å²) in [5, 5.41) is 0. The molecule has 6 nitrogen and oxygen atoms in total. The number of esters is 1. The van der Waals surface area contributed by atoms with Crippen molar-refractivity contribution in [1.29, 1.82) is 0 Å². The van der Waals surface area contributed by atoms with Crippen LogP contribution in [0.1, 0.15) is 53.6 Å². The number of hydrogen-bond acceptors (Lipinski definition) is 5. The van der Waals surface area contributed by atoms with E-state index in [2.05, 4.69) is 18.4 Å². The molecule has 0 N–H and O–H groups in total. The summed E-state index contributed by atoms with van der Waals surface area (Å²) in [6.45, 7) is 8.95. The standard InChI is InChI=1S/C23H27NO5/c1-15(2)24-16(3)12-19(17(24)4)20(25)14-29-23(26)9-7-18-6-8-21-22(13-18)28-11-5-10-27-21/h6-9,12-13,15H,5,10-11,14H2,1-4H3/b9-7+. The maximum atomic E-state index is 12.5. The number of nitrogens with zero attached hydrogens (tertiary/aromatic N) is 1. The zero-order chi connectivity index (χ0) is 21.0.